The summed E-state index contributed by atoms with van der Waals surface area (Å²) in [6, 6.07) is 0.143. The van der Waals surface area contributed by atoms with Crippen LogP contribution in [-0.4, -0.2) is 24.2 Å². The van der Waals surface area contributed by atoms with E-state index in [1.54, 1.807) is 0 Å². The summed E-state index contributed by atoms with van der Waals surface area (Å²) in [7, 11) is 0. The molecule has 2 rings (SSSR count). The molecule has 0 amide bonds. The van der Waals surface area contributed by atoms with Crippen molar-refractivity contribution in [1.82, 2.24) is 5.32 Å². The van der Waals surface area contributed by atoms with Crippen molar-refractivity contribution in [2.45, 2.75) is 44.6 Å². The van der Waals surface area contributed by atoms with Crippen LogP contribution in [0.1, 0.15) is 38.5 Å². The summed E-state index contributed by atoms with van der Waals surface area (Å²) in [6.45, 7) is 0.960. The van der Waals surface area contributed by atoms with Gasteiger partial charge >= 0.3 is 0 Å². The summed E-state index contributed by atoms with van der Waals surface area (Å²) in [5, 5.41) is 3.31. The molecule has 0 aromatic heterocycles. The Hall–Kier alpha value is -0.700. The molecule has 3 heteroatoms. The monoisotopic (exact) mass is 195 g/mol. The van der Waals surface area contributed by atoms with Crippen LogP contribution >= 0.6 is 0 Å². The molecule has 78 valence electrons. The standard InChI is InChI=1S/C11H17NO2/c13-9-5-3-6-10(14)11(9)8-4-1-2-7-12-8/h8,11-12H,1-7H2. The lowest BCUT2D eigenvalue weighted by Crippen LogP contribution is -2.48. The van der Waals surface area contributed by atoms with Crippen molar-refractivity contribution in [1.29, 1.82) is 0 Å². The van der Waals surface area contributed by atoms with Crippen LogP contribution in [0.15, 0.2) is 0 Å². The molecule has 1 heterocycles. The van der Waals surface area contributed by atoms with Crippen LogP contribution in [0.25, 0.3) is 0 Å². The van der Waals surface area contributed by atoms with E-state index < -0.39 is 0 Å². The van der Waals surface area contributed by atoms with E-state index in [9.17, 15) is 9.59 Å². The van der Waals surface area contributed by atoms with Gasteiger partial charge in [0.05, 0.1) is 5.92 Å². The zero-order chi connectivity index (χ0) is 9.97. The van der Waals surface area contributed by atoms with Gasteiger partial charge in [-0.2, -0.15) is 0 Å². The first kappa shape index (κ1) is 9.84. The SMILES string of the molecule is O=C1CCCC(=O)C1C1CCCCN1. The van der Waals surface area contributed by atoms with Gasteiger partial charge in [-0.15, -0.1) is 0 Å². The van der Waals surface area contributed by atoms with Crippen LogP contribution in [-0.2, 0) is 9.59 Å². The first-order chi connectivity index (χ1) is 6.79. The smallest absolute Gasteiger partial charge is 0.144 e. The number of ketones is 2. The molecule has 2 aliphatic rings. The van der Waals surface area contributed by atoms with E-state index in [2.05, 4.69) is 5.32 Å². The maximum absolute atomic E-state index is 11.6. The highest BCUT2D eigenvalue weighted by atomic mass is 16.2. The number of carbonyl (C=O) groups is 2. The second kappa shape index (κ2) is 4.22. The summed E-state index contributed by atoms with van der Waals surface area (Å²) in [5.41, 5.74) is 0. The molecule has 0 spiro atoms. The second-order valence-electron chi connectivity index (χ2n) is 4.32. The molecule has 14 heavy (non-hydrogen) atoms. The fourth-order valence-electron chi connectivity index (χ4n) is 2.54. The molecule has 0 radical (unpaired) electrons. The van der Waals surface area contributed by atoms with Gasteiger partial charge in [0.15, 0.2) is 0 Å². The average Bonchev–Trinajstić information content (AvgIpc) is 2.19. The Morgan fingerprint density at radius 1 is 1.00 bits per heavy atom. The van der Waals surface area contributed by atoms with E-state index in [1.165, 1.54) is 6.42 Å². The van der Waals surface area contributed by atoms with Crippen LogP contribution in [0, 0.1) is 5.92 Å². The lowest BCUT2D eigenvalue weighted by Gasteiger charge is -2.31. The summed E-state index contributed by atoms with van der Waals surface area (Å²) >= 11 is 0. The van der Waals surface area contributed by atoms with Gasteiger partial charge in [0, 0.05) is 18.9 Å². The molecule has 3 nitrogen and oxygen atoms in total. The minimum absolute atomic E-state index is 0.143. The van der Waals surface area contributed by atoms with Crippen molar-refractivity contribution in [3.63, 3.8) is 0 Å². The predicted octanol–water partition coefficient (Wildman–Crippen LogP) is 1.07. The van der Waals surface area contributed by atoms with Crippen LogP contribution in [0.2, 0.25) is 0 Å². The van der Waals surface area contributed by atoms with Gasteiger partial charge in [0.2, 0.25) is 0 Å². The van der Waals surface area contributed by atoms with Gasteiger partial charge in [-0.3, -0.25) is 9.59 Å². The first-order valence-electron chi connectivity index (χ1n) is 5.58. The van der Waals surface area contributed by atoms with Crippen LogP contribution in [0.4, 0.5) is 0 Å². The minimum Gasteiger partial charge on any atom is -0.313 e. The van der Waals surface area contributed by atoms with E-state index in [0.717, 1.165) is 25.8 Å². The molecule has 1 saturated carbocycles. The minimum atomic E-state index is -0.316. The molecule has 0 aromatic carbocycles. The first-order valence-corrected chi connectivity index (χ1v) is 5.58. The number of rotatable bonds is 1. The average molecular weight is 195 g/mol. The summed E-state index contributed by atoms with van der Waals surface area (Å²) in [5.74, 6) is 0.0188. The van der Waals surface area contributed by atoms with Crippen molar-refractivity contribution in [3.05, 3.63) is 0 Å². The Morgan fingerprint density at radius 3 is 2.29 bits per heavy atom. The lowest BCUT2D eigenvalue weighted by molar-refractivity contribution is -0.137. The van der Waals surface area contributed by atoms with E-state index in [0.29, 0.717) is 12.8 Å². The molecule has 1 aliphatic carbocycles. The molecular weight excluding hydrogens is 178 g/mol. The van der Waals surface area contributed by atoms with E-state index in [1.807, 2.05) is 0 Å². The van der Waals surface area contributed by atoms with Crippen molar-refractivity contribution >= 4 is 11.6 Å². The Balaban J connectivity index is 2.05. The molecular formula is C11H17NO2. The quantitative estimate of drug-likeness (QED) is 0.636. The molecule has 1 aliphatic heterocycles. The number of carbonyl (C=O) groups excluding carboxylic acids is 2. The maximum atomic E-state index is 11.6. The number of hydrogen-bond donors (Lipinski definition) is 1. The molecule has 0 aromatic rings. The third-order valence-corrected chi connectivity index (χ3v) is 3.29. The number of hydrogen-bond acceptors (Lipinski definition) is 3. The second-order valence-corrected chi connectivity index (χ2v) is 4.32. The van der Waals surface area contributed by atoms with Gasteiger partial charge in [-0.05, 0) is 25.8 Å². The van der Waals surface area contributed by atoms with Gasteiger partial charge in [-0.1, -0.05) is 6.42 Å². The predicted molar refractivity (Wildman–Crippen MR) is 53.0 cm³/mol. The molecule has 2 fully saturated rings. The number of nitrogens with one attached hydrogen (secondary N) is 1. The number of Topliss-reactive ketones (excluding diaryl/α,β-unsaturated/α-hetero) is 2. The van der Waals surface area contributed by atoms with Crippen molar-refractivity contribution in [3.8, 4) is 0 Å². The Kier molecular flexibility index (Phi) is 2.96. The number of piperidine rings is 1. The lowest BCUT2D eigenvalue weighted by atomic mass is 9.79. The molecule has 1 N–H and O–H groups in total. The maximum Gasteiger partial charge on any atom is 0.144 e. The van der Waals surface area contributed by atoms with Gasteiger partial charge in [0.25, 0.3) is 0 Å². The highest BCUT2D eigenvalue weighted by molar-refractivity contribution is 6.05. The fourth-order valence-corrected chi connectivity index (χ4v) is 2.54. The van der Waals surface area contributed by atoms with E-state index in [-0.39, 0.29) is 23.5 Å². The van der Waals surface area contributed by atoms with Gasteiger partial charge in [0.1, 0.15) is 11.6 Å². The van der Waals surface area contributed by atoms with Crippen LogP contribution < -0.4 is 5.32 Å². The van der Waals surface area contributed by atoms with E-state index >= 15 is 0 Å². The Bertz CT molecular complexity index is 228. The van der Waals surface area contributed by atoms with Gasteiger partial charge < -0.3 is 5.32 Å². The highest BCUT2D eigenvalue weighted by Gasteiger charge is 2.36. The largest absolute Gasteiger partial charge is 0.313 e. The summed E-state index contributed by atoms with van der Waals surface area (Å²) in [4.78, 5) is 23.3. The van der Waals surface area contributed by atoms with Crippen LogP contribution in [0.5, 0.6) is 0 Å². The third kappa shape index (κ3) is 1.87. The molecule has 1 unspecified atom stereocenters. The fraction of sp³-hybridized carbons (Fsp3) is 0.818. The zero-order valence-corrected chi connectivity index (χ0v) is 8.42. The molecule has 1 saturated heterocycles. The van der Waals surface area contributed by atoms with Crippen molar-refractivity contribution in [2.24, 2.45) is 5.92 Å². The Labute approximate surface area is 84.2 Å². The molecule has 0 bridgehead atoms. The highest BCUT2D eigenvalue weighted by Crippen LogP contribution is 2.24. The van der Waals surface area contributed by atoms with Gasteiger partial charge in [-0.25, -0.2) is 0 Å². The summed E-state index contributed by atoms with van der Waals surface area (Å²) in [6.07, 6.45) is 5.28. The third-order valence-electron chi connectivity index (χ3n) is 3.29. The van der Waals surface area contributed by atoms with Crippen molar-refractivity contribution in [2.75, 3.05) is 6.54 Å². The normalized spacial score (nSPS) is 30.7. The zero-order valence-electron chi connectivity index (χ0n) is 8.42. The van der Waals surface area contributed by atoms with Crippen molar-refractivity contribution < 1.29 is 9.59 Å². The topological polar surface area (TPSA) is 46.2 Å². The van der Waals surface area contributed by atoms with Crippen LogP contribution in [0.3, 0.4) is 0 Å². The summed E-state index contributed by atoms with van der Waals surface area (Å²) < 4.78 is 0. The molecule has 1 atom stereocenters. The Morgan fingerprint density at radius 2 is 1.71 bits per heavy atom. The van der Waals surface area contributed by atoms with E-state index in [4.69, 9.17) is 0 Å².